The maximum Gasteiger partial charge on any atom is 0.202 e. The smallest absolute Gasteiger partial charge is 0.202 e. The van der Waals surface area contributed by atoms with Gasteiger partial charge in [-0.25, -0.2) is 4.98 Å². The zero-order valence-corrected chi connectivity index (χ0v) is 11.1. The summed E-state index contributed by atoms with van der Waals surface area (Å²) in [5, 5.41) is 4.23. The van der Waals surface area contributed by atoms with E-state index in [0.29, 0.717) is 0 Å². The van der Waals surface area contributed by atoms with Crippen molar-refractivity contribution in [3.05, 3.63) is 5.82 Å². The first-order valence-corrected chi connectivity index (χ1v) is 6.44. The molecule has 0 saturated carbocycles. The Labute approximate surface area is 100 Å². The Morgan fingerprint density at radius 2 is 2.20 bits per heavy atom. The van der Waals surface area contributed by atoms with Crippen molar-refractivity contribution in [2.75, 3.05) is 17.7 Å². The Balaban J connectivity index is 2.35. The van der Waals surface area contributed by atoms with Crippen LogP contribution in [0.25, 0.3) is 0 Å². The zero-order chi connectivity index (χ0) is 11.3. The van der Waals surface area contributed by atoms with Crippen LogP contribution < -0.4 is 5.32 Å². The van der Waals surface area contributed by atoms with E-state index in [4.69, 9.17) is 11.6 Å². The van der Waals surface area contributed by atoms with Crippen LogP contribution in [0.15, 0.2) is 0 Å². The molecule has 0 aromatic carbocycles. The van der Waals surface area contributed by atoms with Gasteiger partial charge in [-0.3, -0.25) is 0 Å². The Morgan fingerprint density at radius 1 is 1.47 bits per heavy atom. The van der Waals surface area contributed by atoms with Crippen molar-refractivity contribution in [2.45, 2.75) is 33.6 Å². The maximum absolute atomic E-state index is 5.69. The molecule has 0 aliphatic rings. The predicted octanol–water partition coefficient (Wildman–Crippen LogP) is 3.30. The Bertz CT molecular complexity index is 299. The fourth-order valence-corrected chi connectivity index (χ4v) is 2.02. The molecule has 1 N–H and O–H groups in total. The number of aryl methyl sites for hydroxylation is 1. The lowest BCUT2D eigenvalue weighted by Crippen LogP contribution is -2.23. The van der Waals surface area contributed by atoms with Crippen molar-refractivity contribution < 1.29 is 0 Å². The van der Waals surface area contributed by atoms with Gasteiger partial charge in [-0.05, 0) is 25.2 Å². The van der Waals surface area contributed by atoms with Gasteiger partial charge >= 0.3 is 0 Å². The number of aromatic nitrogens is 2. The number of anilines is 1. The lowest BCUT2D eigenvalue weighted by Gasteiger charge is -2.24. The highest BCUT2D eigenvalue weighted by molar-refractivity contribution is 7.09. The molecule has 0 aliphatic carbocycles. The largest absolute Gasteiger partial charge is 0.360 e. The summed E-state index contributed by atoms with van der Waals surface area (Å²) in [6.45, 7) is 7.29. The molecule has 0 radical (unpaired) electrons. The molecule has 0 fully saturated rings. The molecule has 1 heterocycles. The van der Waals surface area contributed by atoms with Crippen molar-refractivity contribution in [3.63, 3.8) is 0 Å². The van der Waals surface area contributed by atoms with Crippen LogP contribution >= 0.6 is 23.1 Å². The highest BCUT2D eigenvalue weighted by atomic mass is 35.5. The number of halogens is 1. The minimum Gasteiger partial charge on any atom is -0.360 e. The van der Waals surface area contributed by atoms with Crippen LogP contribution in [0.1, 0.15) is 32.5 Å². The van der Waals surface area contributed by atoms with Crippen molar-refractivity contribution in [1.82, 2.24) is 9.36 Å². The quantitative estimate of drug-likeness (QED) is 0.784. The molecule has 1 aromatic rings. The minimum atomic E-state index is 0.258. The molecule has 0 spiro atoms. The van der Waals surface area contributed by atoms with Gasteiger partial charge in [-0.15, -0.1) is 11.6 Å². The van der Waals surface area contributed by atoms with Crippen molar-refractivity contribution in [3.8, 4) is 0 Å². The molecule has 0 aliphatic heterocycles. The lowest BCUT2D eigenvalue weighted by molar-refractivity contribution is 0.355. The van der Waals surface area contributed by atoms with E-state index in [1.807, 2.05) is 6.92 Å². The third-order valence-electron chi connectivity index (χ3n) is 2.23. The monoisotopic (exact) mass is 247 g/mol. The Morgan fingerprint density at radius 3 is 2.73 bits per heavy atom. The van der Waals surface area contributed by atoms with Crippen molar-refractivity contribution >= 4 is 28.3 Å². The van der Waals surface area contributed by atoms with Gasteiger partial charge in [0.25, 0.3) is 0 Å². The van der Waals surface area contributed by atoms with Crippen LogP contribution in [-0.4, -0.2) is 21.8 Å². The van der Waals surface area contributed by atoms with Gasteiger partial charge in [0.05, 0.1) is 0 Å². The van der Waals surface area contributed by atoms with Gasteiger partial charge in [-0.1, -0.05) is 13.8 Å². The molecule has 1 rings (SSSR count). The van der Waals surface area contributed by atoms with Crippen LogP contribution in [0.5, 0.6) is 0 Å². The SMILES string of the molecule is Cc1nsc(NCC(C)(C)CCCCl)n1. The average Bonchev–Trinajstić information content (AvgIpc) is 2.59. The van der Waals surface area contributed by atoms with E-state index in [2.05, 4.69) is 28.5 Å². The van der Waals surface area contributed by atoms with E-state index >= 15 is 0 Å². The third-order valence-corrected chi connectivity index (χ3v) is 3.26. The summed E-state index contributed by atoms with van der Waals surface area (Å²) in [5.74, 6) is 1.57. The molecule has 86 valence electrons. The van der Waals surface area contributed by atoms with Crippen LogP contribution in [0.4, 0.5) is 5.13 Å². The van der Waals surface area contributed by atoms with Crippen molar-refractivity contribution in [2.24, 2.45) is 5.41 Å². The average molecular weight is 248 g/mol. The topological polar surface area (TPSA) is 37.8 Å². The van der Waals surface area contributed by atoms with Crippen LogP contribution in [0.2, 0.25) is 0 Å². The summed E-state index contributed by atoms with van der Waals surface area (Å²) < 4.78 is 4.13. The van der Waals surface area contributed by atoms with E-state index in [1.165, 1.54) is 11.5 Å². The lowest BCUT2D eigenvalue weighted by atomic mass is 9.88. The molecule has 5 heteroatoms. The molecule has 3 nitrogen and oxygen atoms in total. The zero-order valence-electron chi connectivity index (χ0n) is 9.51. The molecule has 0 atom stereocenters. The molecule has 0 bridgehead atoms. The van der Waals surface area contributed by atoms with Gasteiger partial charge in [0, 0.05) is 24.0 Å². The number of rotatable bonds is 6. The first-order chi connectivity index (χ1) is 7.03. The molecule has 1 aromatic heterocycles. The first kappa shape index (κ1) is 12.7. The fourth-order valence-electron chi connectivity index (χ4n) is 1.32. The number of nitrogens with zero attached hydrogens (tertiary/aromatic N) is 2. The minimum absolute atomic E-state index is 0.258. The predicted molar refractivity (Wildman–Crippen MR) is 66.9 cm³/mol. The highest BCUT2D eigenvalue weighted by Gasteiger charge is 2.17. The molecular formula is C10H18ClN3S. The normalized spacial score (nSPS) is 11.7. The van der Waals surface area contributed by atoms with Crippen LogP contribution in [-0.2, 0) is 0 Å². The Kier molecular flexibility index (Phi) is 4.80. The second-order valence-corrected chi connectivity index (χ2v) is 5.59. The number of hydrogen-bond acceptors (Lipinski definition) is 4. The van der Waals surface area contributed by atoms with Gasteiger partial charge in [0.2, 0.25) is 5.13 Å². The second-order valence-electron chi connectivity index (χ2n) is 4.46. The van der Waals surface area contributed by atoms with Crippen molar-refractivity contribution in [1.29, 1.82) is 0 Å². The van der Waals surface area contributed by atoms with Crippen LogP contribution in [0.3, 0.4) is 0 Å². The van der Waals surface area contributed by atoms with Crippen LogP contribution in [0, 0.1) is 12.3 Å². The standard InChI is InChI=1S/C10H18ClN3S/c1-8-13-9(15-14-8)12-7-10(2,3)5-4-6-11/h4-7H2,1-3H3,(H,12,13,14). The van der Waals surface area contributed by atoms with Gasteiger partial charge in [-0.2, -0.15) is 4.37 Å². The van der Waals surface area contributed by atoms with E-state index < -0.39 is 0 Å². The summed E-state index contributed by atoms with van der Waals surface area (Å²) in [7, 11) is 0. The van der Waals surface area contributed by atoms with E-state index in [1.54, 1.807) is 0 Å². The maximum atomic E-state index is 5.69. The summed E-state index contributed by atoms with van der Waals surface area (Å²) >= 11 is 7.10. The van der Waals surface area contributed by atoms with Gasteiger partial charge in [0.1, 0.15) is 5.82 Å². The fraction of sp³-hybridized carbons (Fsp3) is 0.800. The third kappa shape index (κ3) is 4.80. The number of hydrogen-bond donors (Lipinski definition) is 1. The Hall–Kier alpha value is -0.350. The molecule has 0 unspecified atom stereocenters. The number of alkyl halides is 1. The summed E-state index contributed by atoms with van der Waals surface area (Å²) in [4.78, 5) is 4.26. The summed E-state index contributed by atoms with van der Waals surface area (Å²) in [6, 6.07) is 0. The number of nitrogens with one attached hydrogen (secondary N) is 1. The molecule has 15 heavy (non-hydrogen) atoms. The molecule has 0 amide bonds. The van der Waals surface area contributed by atoms with E-state index in [0.717, 1.165) is 36.2 Å². The molecular weight excluding hydrogens is 230 g/mol. The molecule has 0 saturated heterocycles. The first-order valence-electron chi connectivity index (χ1n) is 5.14. The van der Waals surface area contributed by atoms with E-state index in [-0.39, 0.29) is 5.41 Å². The van der Waals surface area contributed by atoms with E-state index in [9.17, 15) is 0 Å². The second kappa shape index (κ2) is 5.66. The summed E-state index contributed by atoms with van der Waals surface area (Å²) in [5.41, 5.74) is 0.258. The highest BCUT2D eigenvalue weighted by Crippen LogP contribution is 2.23. The van der Waals surface area contributed by atoms with Gasteiger partial charge in [0.15, 0.2) is 0 Å². The van der Waals surface area contributed by atoms with Gasteiger partial charge < -0.3 is 5.32 Å². The summed E-state index contributed by atoms with van der Waals surface area (Å²) in [6.07, 6.45) is 2.19.